The average molecular weight is 375 g/mol. The van der Waals surface area contributed by atoms with Gasteiger partial charge in [0.2, 0.25) is 0 Å². The molecule has 0 amide bonds. The van der Waals surface area contributed by atoms with Crippen LogP contribution in [0, 0.1) is 0 Å². The van der Waals surface area contributed by atoms with E-state index in [1.807, 2.05) is 24.0 Å². The molecule has 0 saturated carbocycles. The molecule has 0 aromatic heterocycles. The molecule has 0 aliphatic carbocycles. The summed E-state index contributed by atoms with van der Waals surface area (Å²) in [4.78, 5) is 0. The topological polar surface area (TPSA) is 36.9 Å². The second-order valence-corrected chi connectivity index (χ2v) is 20.3. The summed E-state index contributed by atoms with van der Waals surface area (Å²) < 4.78 is 26.1. The monoisotopic (exact) mass is 374 g/mol. The highest BCUT2D eigenvalue weighted by Crippen LogP contribution is 2.36. The standard InChI is InChI=1S/C14H30O4Si4/c1-9-14-22(13-5)16-19(6,7)15-20(8,10-2)17-21(11-3,12-4)18-22/h9-11H,1-3,12-14H2,4-8H3. The highest BCUT2D eigenvalue weighted by atomic mass is 28.5. The highest BCUT2D eigenvalue weighted by molar-refractivity contribution is 6.96. The maximum atomic E-state index is 6.67. The Morgan fingerprint density at radius 3 is 1.86 bits per heavy atom. The van der Waals surface area contributed by atoms with Crippen LogP contribution < -0.4 is 0 Å². The molecule has 8 heteroatoms. The molecular weight excluding hydrogens is 344 g/mol. The molecule has 22 heavy (non-hydrogen) atoms. The lowest BCUT2D eigenvalue weighted by atomic mass is 10.8. The van der Waals surface area contributed by atoms with Crippen LogP contribution in [0.2, 0.25) is 37.8 Å². The van der Waals surface area contributed by atoms with Gasteiger partial charge in [0.25, 0.3) is 0 Å². The van der Waals surface area contributed by atoms with Crippen LogP contribution in [-0.2, 0) is 16.5 Å². The largest absolute Gasteiger partial charge is 0.415 e. The Kier molecular flexibility index (Phi) is 6.55. The molecule has 3 atom stereocenters. The Morgan fingerprint density at radius 2 is 1.45 bits per heavy atom. The van der Waals surface area contributed by atoms with Gasteiger partial charge in [-0.25, -0.2) is 0 Å². The zero-order valence-electron chi connectivity index (χ0n) is 14.6. The van der Waals surface area contributed by atoms with Crippen molar-refractivity contribution in [3.05, 3.63) is 37.2 Å². The third kappa shape index (κ3) is 4.48. The van der Waals surface area contributed by atoms with Gasteiger partial charge in [-0.2, -0.15) is 0 Å². The van der Waals surface area contributed by atoms with Gasteiger partial charge in [0.15, 0.2) is 0 Å². The normalized spacial score (nSPS) is 38.6. The molecule has 0 aromatic rings. The van der Waals surface area contributed by atoms with Gasteiger partial charge >= 0.3 is 34.2 Å². The average Bonchev–Trinajstić information content (AvgIpc) is 2.44. The first-order chi connectivity index (χ1) is 10.1. The van der Waals surface area contributed by atoms with Crippen LogP contribution in [0.4, 0.5) is 0 Å². The van der Waals surface area contributed by atoms with Crippen LogP contribution in [0.3, 0.4) is 0 Å². The quantitative estimate of drug-likeness (QED) is 0.510. The van der Waals surface area contributed by atoms with Crippen molar-refractivity contribution in [2.45, 2.75) is 51.6 Å². The second-order valence-electron chi connectivity index (χ2n) is 6.15. The fourth-order valence-electron chi connectivity index (χ4n) is 2.72. The summed E-state index contributed by atoms with van der Waals surface area (Å²) in [5, 5.41) is 0. The first-order valence-corrected chi connectivity index (χ1v) is 17.4. The van der Waals surface area contributed by atoms with E-state index >= 15 is 0 Å². The van der Waals surface area contributed by atoms with Gasteiger partial charge in [-0.1, -0.05) is 31.3 Å². The summed E-state index contributed by atoms with van der Waals surface area (Å²) >= 11 is 0. The van der Waals surface area contributed by atoms with Crippen LogP contribution in [0.5, 0.6) is 0 Å². The molecule has 0 bridgehead atoms. The fraction of sp³-hybridized carbons (Fsp3) is 0.571. The van der Waals surface area contributed by atoms with Crippen molar-refractivity contribution in [1.82, 2.24) is 0 Å². The third-order valence-electron chi connectivity index (χ3n) is 3.78. The van der Waals surface area contributed by atoms with Crippen molar-refractivity contribution in [3.8, 4) is 0 Å². The molecule has 3 unspecified atom stereocenters. The lowest BCUT2D eigenvalue weighted by molar-refractivity contribution is 0.235. The van der Waals surface area contributed by atoms with Gasteiger partial charge in [0.1, 0.15) is 0 Å². The van der Waals surface area contributed by atoms with Gasteiger partial charge in [-0.3, -0.25) is 0 Å². The molecule has 1 heterocycles. The Bertz CT molecular complexity index is 445. The molecule has 126 valence electrons. The Labute approximate surface area is 139 Å². The SMILES string of the molecule is C=CC[Si]1(CC)O[Si](C)(C)O[Si](C)(C=C)O[Si](C=C)(CC)O1. The summed E-state index contributed by atoms with van der Waals surface area (Å²) in [6.07, 6.45) is 1.89. The Morgan fingerprint density at radius 1 is 0.818 bits per heavy atom. The molecule has 4 nitrogen and oxygen atoms in total. The van der Waals surface area contributed by atoms with Gasteiger partial charge in [-0.05, 0) is 31.7 Å². The van der Waals surface area contributed by atoms with E-state index in [1.165, 1.54) is 0 Å². The lowest BCUT2D eigenvalue weighted by Gasteiger charge is -2.49. The molecule has 1 rings (SSSR count). The maximum absolute atomic E-state index is 6.67. The zero-order valence-corrected chi connectivity index (χ0v) is 18.6. The Balaban J connectivity index is 3.37. The fourth-order valence-corrected chi connectivity index (χ4v) is 23.0. The van der Waals surface area contributed by atoms with Gasteiger partial charge in [0.05, 0.1) is 0 Å². The first-order valence-electron chi connectivity index (χ1n) is 7.82. The summed E-state index contributed by atoms with van der Waals surface area (Å²) in [5.74, 6) is 0. The summed E-state index contributed by atoms with van der Waals surface area (Å²) in [6.45, 7) is 22.1. The van der Waals surface area contributed by atoms with Crippen LogP contribution in [0.1, 0.15) is 13.8 Å². The van der Waals surface area contributed by atoms with Crippen LogP contribution in [0.25, 0.3) is 0 Å². The van der Waals surface area contributed by atoms with Crippen LogP contribution in [-0.4, -0.2) is 34.2 Å². The predicted octanol–water partition coefficient (Wildman–Crippen LogP) is 4.40. The van der Waals surface area contributed by atoms with Crippen molar-refractivity contribution < 1.29 is 16.5 Å². The predicted molar refractivity (Wildman–Crippen MR) is 101 cm³/mol. The van der Waals surface area contributed by atoms with E-state index < -0.39 is 34.2 Å². The van der Waals surface area contributed by atoms with E-state index in [0.29, 0.717) is 0 Å². The molecule has 0 radical (unpaired) electrons. The summed E-state index contributed by atoms with van der Waals surface area (Å²) in [5.41, 5.74) is 3.69. The maximum Gasteiger partial charge on any atom is 0.346 e. The van der Waals surface area contributed by atoms with E-state index in [-0.39, 0.29) is 0 Å². The van der Waals surface area contributed by atoms with E-state index in [2.05, 4.69) is 46.7 Å². The lowest BCUT2D eigenvalue weighted by Crippen LogP contribution is -2.67. The van der Waals surface area contributed by atoms with Crippen LogP contribution in [0.15, 0.2) is 37.2 Å². The van der Waals surface area contributed by atoms with Gasteiger partial charge in [-0.15, -0.1) is 19.7 Å². The molecule has 1 aliphatic rings. The molecule has 1 aliphatic heterocycles. The van der Waals surface area contributed by atoms with Crippen molar-refractivity contribution in [1.29, 1.82) is 0 Å². The van der Waals surface area contributed by atoms with Crippen molar-refractivity contribution in [2.75, 3.05) is 0 Å². The molecular formula is C14H30O4Si4. The number of allylic oxidation sites excluding steroid dienone is 1. The zero-order chi connectivity index (χ0) is 17.1. The number of hydrogen-bond acceptors (Lipinski definition) is 4. The third-order valence-corrected chi connectivity index (χ3v) is 21.0. The second kappa shape index (κ2) is 7.22. The van der Waals surface area contributed by atoms with Gasteiger partial charge in [0, 0.05) is 6.04 Å². The van der Waals surface area contributed by atoms with E-state index in [1.54, 1.807) is 0 Å². The molecule has 0 spiro atoms. The van der Waals surface area contributed by atoms with Crippen LogP contribution >= 0.6 is 0 Å². The van der Waals surface area contributed by atoms with E-state index in [9.17, 15) is 0 Å². The van der Waals surface area contributed by atoms with E-state index in [0.717, 1.165) is 18.1 Å². The smallest absolute Gasteiger partial charge is 0.346 e. The number of hydrogen-bond donors (Lipinski definition) is 0. The minimum Gasteiger partial charge on any atom is -0.415 e. The molecule has 1 fully saturated rings. The molecule has 1 saturated heterocycles. The van der Waals surface area contributed by atoms with Gasteiger partial charge < -0.3 is 16.5 Å². The highest BCUT2D eigenvalue weighted by Gasteiger charge is 2.55. The summed E-state index contributed by atoms with van der Waals surface area (Å²) in [7, 11) is -9.95. The van der Waals surface area contributed by atoms with Crippen molar-refractivity contribution in [2.24, 2.45) is 0 Å². The molecule has 0 aromatic carbocycles. The minimum atomic E-state index is -2.59. The number of rotatable bonds is 6. The van der Waals surface area contributed by atoms with Crippen molar-refractivity contribution >= 4 is 34.2 Å². The minimum absolute atomic E-state index is 0.738. The Hall–Kier alpha value is -0.0725. The van der Waals surface area contributed by atoms with E-state index in [4.69, 9.17) is 16.5 Å². The first kappa shape index (κ1) is 20.0. The van der Waals surface area contributed by atoms with Crippen molar-refractivity contribution in [3.63, 3.8) is 0 Å². The molecule has 0 N–H and O–H groups in total. The summed E-state index contributed by atoms with van der Waals surface area (Å²) in [6, 6.07) is 2.37.